The minimum Gasteiger partial charge on any atom is -0.399 e. The maximum absolute atomic E-state index is 6.46. The summed E-state index contributed by atoms with van der Waals surface area (Å²) >= 11 is 0. The average molecular weight is 1370 g/mol. The lowest BCUT2D eigenvalue weighted by atomic mass is 9.67. The van der Waals surface area contributed by atoms with Gasteiger partial charge in [-0.05, 0) is 165 Å². The van der Waals surface area contributed by atoms with E-state index in [1.807, 2.05) is 6.07 Å². The van der Waals surface area contributed by atoms with Crippen molar-refractivity contribution in [2.24, 2.45) is 0 Å². The van der Waals surface area contributed by atoms with Crippen molar-refractivity contribution in [3.63, 3.8) is 0 Å². The molecule has 506 valence electrons. The van der Waals surface area contributed by atoms with Crippen molar-refractivity contribution in [2.45, 2.75) is 49.7 Å². The molecule has 1 fully saturated rings. The zero-order valence-corrected chi connectivity index (χ0v) is 59.7. The van der Waals surface area contributed by atoms with Crippen LogP contribution in [0.25, 0.3) is 132 Å². The second kappa shape index (κ2) is 25.0. The first-order valence-corrected chi connectivity index (χ1v) is 37.0. The molecular formula is C100H71BN4O2. The number of benzene rings is 14. The average Bonchev–Trinajstić information content (AvgIpc) is 1.55. The normalized spacial score (nSPS) is 14.7. The van der Waals surface area contributed by atoms with E-state index in [0.717, 1.165) is 105 Å². The van der Waals surface area contributed by atoms with Gasteiger partial charge in [-0.3, -0.25) is 0 Å². The first kappa shape index (κ1) is 63.9. The molecule has 107 heavy (non-hydrogen) atoms. The predicted molar refractivity (Wildman–Crippen MR) is 441 cm³/mol. The van der Waals surface area contributed by atoms with E-state index in [9.17, 15) is 0 Å². The van der Waals surface area contributed by atoms with E-state index in [2.05, 4.69) is 380 Å². The molecule has 0 saturated carbocycles. The summed E-state index contributed by atoms with van der Waals surface area (Å²) in [7, 11) is -0.449. The summed E-state index contributed by atoms with van der Waals surface area (Å²) in [6, 6.07) is 129. The number of para-hydroxylation sites is 2. The Morgan fingerprint density at radius 1 is 0.252 bits per heavy atom. The molecule has 7 heteroatoms. The van der Waals surface area contributed by atoms with Crippen LogP contribution in [0.4, 0.5) is 0 Å². The molecule has 1 saturated heterocycles. The minimum absolute atomic E-state index is 0.417. The maximum Gasteiger partial charge on any atom is 0.494 e. The topological polar surface area (TPSA) is 70.0 Å². The van der Waals surface area contributed by atoms with Gasteiger partial charge in [0.2, 0.25) is 0 Å². The molecule has 0 spiro atoms. The smallest absolute Gasteiger partial charge is 0.399 e. The lowest BCUT2D eigenvalue weighted by Crippen LogP contribution is -2.41. The molecule has 0 radical (unpaired) electrons. The molecule has 5 heterocycles. The molecule has 2 aliphatic carbocycles. The van der Waals surface area contributed by atoms with Crippen LogP contribution in [0.2, 0.25) is 0 Å². The first-order chi connectivity index (χ1) is 52.5. The Morgan fingerprint density at radius 3 is 1.08 bits per heavy atom. The lowest BCUT2D eigenvalue weighted by molar-refractivity contribution is 0.00578. The fraction of sp³-hybridized carbons (Fsp3) is 0.0800. The number of rotatable bonds is 9. The van der Waals surface area contributed by atoms with Crippen LogP contribution < -0.4 is 5.46 Å². The lowest BCUT2D eigenvalue weighted by Gasteiger charge is -2.34. The number of hydrogen-bond acceptors (Lipinski definition) is 6. The summed E-state index contributed by atoms with van der Waals surface area (Å²) < 4.78 is 12.9. The Labute approximate surface area is 622 Å². The summed E-state index contributed by atoms with van der Waals surface area (Å²) in [6.45, 7) is 8.38. The highest BCUT2D eigenvalue weighted by atomic mass is 16.7. The van der Waals surface area contributed by atoms with Crippen LogP contribution in [-0.2, 0) is 20.1 Å². The Morgan fingerprint density at radius 2 is 0.617 bits per heavy atom. The molecule has 0 unspecified atom stereocenters. The van der Waals surface area contributed by atoms with Gasteiger partial charge >= 0.3 is 7.12 Å². The van der Waals surface area contributed by atoms with E-state index in [1.54, 1.807) is 0 Å². The summed E-state index contributed by atoms with van der Waals surface area (Å²) in [5.41, 5.74) is 26.1. The third kappa shape index (κ3) is 10.1. The zero-order valence-electron chi connectivity index (χ0n) is 59.7. The molecule has 0 N–H and O–H groups in total. The highest BCUT2D eigenvalue weighted by Gasteiger charge is 2.52. The van der Waals surface area contributed by atoms with Gasteiger partial charge < -0.3 is 9.31 Å². The van der Waals surface area contributed by atoms with Crippen molar-refractivity contribution < 1.29 is 9.31 Å². The third-order valence-electron chi connectivity index (χ3n) is 23.3. The SMILES string of the molecule is CC1(C)OB(c2cccc(-c3nc4ccccc4c4cc5c(cc34)-c3ccccc3C5(c3ccccc3)c3ccccc3)c2)OC1(C)C.c1ccc(-c2ccc3ccc4ccc(-c5cccc(-c6nc7ccccc7c7cc8c(cc67)-c6ccccc6C8(c6ccccc6)c6ccccc6)c5)nc4c3n2)cc1. The fourth-order valence-electron chi connectivity index (χ4n) is 17.5. The number of pyridine rings is 4. The van der Waals surface area contributed by atoms with Crippen LogP contribution in [-0.4, -0.2) is 38.3 Å². The van der Waals surface area contributed by atoms with Crippen LogP contribution in [0.15, 0.2) is 358 Å². The third-order valence-corrected chi connectivity index (χ3v) is 23.3. The van der Waals surface area contributed by atoms with Gasteiger partial charge in [0.05, 0.1) is 66.9 Å². The van der Waals surface area contributed by atoms with Gasteiger partial charge in [0, 0.05) is 54.6 Å². The van der Waals surface area contributed by atoms with Gasteiger partial charge in [-0.15, -0.1) is 0 Å². The van der Waals surface area contributed by atoms with Crippen molar-refractivity contribution in [3.8, 4) is 67.3 Å². The van der Waals surface area contributed by atoms with E-state index in [4.69, 9.17) is 29.2 Å². The van der Waals surface area contributed by atoms with Crippen molar-refractivity contribution in [3.05, 3.63) is 402 Å². The summed E-state index contributed by atoms with van der Waals surface area (Å²) in [5.74, 6) is 0. The summed E-state index contributed by atoms with van der Waals surface area (Å²) in [6.07, 6.45) is 0. The van der Waals surface area contributed by atoms with Crippen LogP contribution in [0.5, 0.6) is 0 Å². The Bertz CT molecular complexity index is 6490. The molecule has 14 aromatic carbocycles. The maximum atomic E-state index is 6.46. The van der Waals surface area contributed by atoms with Crippen LogP contribution in [0.1, 0.15) is 72.2 Å². The van der Waals surface area contributed by atoms with Crippen molar-refractivity contribution >= 4 is 77.7 Å². The number of aromatic nitrogens is 4. The van der Waals surface area contributed by atoms with E-state index < -0.39 is 29.2 Å². The Hall–Kier alpha value is -12.8. The van der Waals surface area contributed by atoms with Gasteiger partial charge in [0.15, 0.2) is 0 Å². The fourth-order valence-corrected chi connectivity index (χ4v) is 17.5. The molecular weight excluding hydrogens is 1300 g/mol. The zero-order chi connectivity index (χ0) is 71.6. The molecule has 6 nitrogen and oxygen atoms in total. The van der Waals surface area contributed by atoms with E-state index in [0.29, 0.717) is 0 Å². The molecule has 3 aliphatic rings. The van der Waals surface area contributed by atoms with Crippen molar-refractivity contribution in [2.75, 3.05) is 0 Å². The largest absolute Gasteiger partial charge is 0.494 e. The molecule has 18 aromatic rings. The quantitative estimate of drug-likeness (QED) is 0.106. The van der Waals surface area contributed by atoms with Gasteiger partial charge in [-0.25, -0.2) is 19.9 Å². The standard InChI is InChI=1S/C56H35N3.C44H36BNO2/c1-4-15-36(16-5-1)50-31-29-37-27-28-38-30-32-51(58-55(38)54(37)57-50)39-17-14-18-40(33-39)53-47-34-46-43-23-10-12-25-48(43)56(41-19-6-2-7-20-41,42-21-8-3-9-22-42)49(46)35-45(47)44-24-11-13-26-52(44)59-53;1-42(2)43(3,4)48-45(47-42)32-21-15-16-29(26-32)41-37-27-36-33-22-11-13-24-38(33)44(30-17-7-5-8-18-30,31-19-9-6-10-20-31)39(36)28-35(37)34-23-12-14-25-40(34)46-41/h1-35H;5-28H,1-4H3. The first-order valence-electron chi connectivity index (χ1n) is 37.0. The molecule has 0 atom stereocenters. The monoisotopic (exact) mass is 1370 g/mol. The van der Waals surface area contributed by atoms with Gasteiger partial charge in [0.1, 0.15) is 0 Å². The Kier molecular flexibility index (Phi) is 14.9. The van der Waals surface area contributed by atoms with Crippen molar-refractivity contribution in [1.29, 1.82) is 0 Å². The van der Waals surface area contributed by atoms with Gasteiger partial charge in [0.25, 0.3) is 0 Å². The molecule has 4 aromatic heterocycles. The van der Waals surface area contributed by atoms with E-state index in [-0.39, 0.29) is 0 Å². The second-order valence-corrected chi connectivity index (χ2v) is 29.7. The summed E-state index contributed by atoms with van der Waals surface area (Å²) in [4.78, 5) is 21.3. The van der Waals surface area contributed by atoms with Crippen molar-refractivity contribution in [1.82, 2.24) is 19.9 Å². The molecule has 0 bridgehead atoms. The molecule has 1 aliphatic heterocycles. The number of fused-ring (bicyclic) bond motifs is 15. The van der Waals surface area contributed by atoms with Gasteiger partial charge in [-0.1, -0.05) is 303 Å². The predicted octanol–water partition coefficient (Wildman–Crippen LogP) is 23.6. The van der Waals surface area contributed by atoms with Crippen LogP contribution >= 0.6 is 0 Å². The minimum atomic E-state index is -0.490. The van der Waals surface area contributed by atoms with Crippen LogP contribution in [0, 0.1) is 0 Å². The molecule has 0 amide bonds. The molecule has 21 rings (SSSR count). The Balaban J connectivity index is 0.000000144. The number of hydrogen-bond donors (Lipinski definition) is 0. The highest BCUT2D eigenvalue weighted by molar-refractivity contribution is 6.62. The van der Waals surface area contributed by atoms with Crippen LogP contribution in [0.3, 0.4) is 0 Å². The van der Waals surface area contributed by atoms with Gasteiger partial charge in [-0.2, -0.15) is 0 Å². The second-order valence-electron chi connectivity index (χ2n) is 29.7. The number of nitrogens with zero attached hydrogens (tertiary/aromatic N) is 4. The van der Waals surface area contributed by atoms with E-state index in [1.165, 1.54) is 77.5 Å². The highest BCUT2D eigenvalue weighted by Crippen LogP contribution is 2.60. The van der Waals surface area contributed by atoms with E-state index >= 15 is 0 Å². The summed E-state index contributed by atoms with van der Waals surface area (Å²) in [5, 5.41) is 9.06.